The zero-order valence-corrected chi connectivity index (χ0v) is 20.2. The van der Waals surface area contributed by atoms with Crippen molar-refractivity contribution in [2.24, 2.45) is 0 Å². The highest BCUT2D eigenvalue weighted by atomic mass is 32.2. The summed E-state index contributed by atoms with van der Waals surface area (Å²) >= 11 is 1.35. The summed E-state index contributed by atoms with van der Waals surface area (Å²) in [6.45, 7) is 3.83. The highest BCUT2D eigenvalue weighted by molar-refractivity contribution is 7.99. The van der Waals surface area contributed by atoms with Crippen molar-refractivity contribution >= 4 is 49.1 Å². The van der Waals surface area contributed by atoms with Crippen LogP contribution in [0.15, 0.2) is 99.7 Å². The number of hydrogen-bond donors (Lipinski definition) is 2. The molecule has 0 aliphatic rings. The molecule has 5 rings (SSSR count). The van der Waals surface area contributed by atoms with Crippen LogP contribution in [0.5, 0.6) is 5.75 Å². The van der Waals surface area contributed by atoms with Gasteiger partial charge in [0, 0.05) is 27.3 Å². The number of benzene rings is 4. The molecule has 0 saturated heterocycles. The Hall–Kier alpha value is -3.55. The van der Waals surface area contributed by atoms with Crippen molar-refractivity contribution in [1.82, 2.24) is 4.98 Å². The highest BCUT2D eigenvalue weighted by Crippen LogP contribution is 2.44. The van der Waals surface area contributed by atoms with Crippen LogP contribution >= 0.6 is 11.8 Å². The van der Waals surface area contributed by atoms with E-state index in [4.69, 9.17) is 0 Å². The summed E-state index contributed by atoms with van der Waals surface area (Å²) < 4.78 is 29.2. The van der Waals surface area contributed by atoms with Crippen LogP contribution in [0.25, 0.3) is 21.7 Å². The Labute approximate surface area is 202 Å². The van der Waals surface area contributed by atoms with E-state index >= 15 is 0 Å². The minimum Gasteiger partial charge on any atom is -0.506 e. The molecule has 0 fully saturated rings. The van der Waals surface area contributed by atoms with E-state index in [-0.39, 0.29) is 10.6 Å². The van der Waals surface area contributed by atoms with E-state index < -0.39 is 10.0 Å². The molecular formula is C27H22N2O3S2. The Balaban J connectivity index is 1.62. The predicted octanol–water partition coefficient (Wildman–Crippen LogP) is 6.66. The number of aryl methyl sites for hydroxylation is 2. The lowest BCUT2D eigenvalue weighted by Crippen LogP contribution is -2.13. The second kappa shape index (κ2) is 8.66. The molecule has 34 heavy (non-hydrogen) atoms. The summed E-state index contributed by atoms with van der Waals surface area (Å²) in [5.41, 5.74) is 3.15. The van der Waals surface area contributed by atoms with E-state index in [1.165, 1.54) is 11.8 Å². The molecule has 1 aromatic heterocycles. The summed E-state index contributed by atoms with van der Waals surface area (Å²) in [6, 6.07) is 23.7. The van der Waals surface area contributed by atoms with Gasteiger partial charge in [-0.1, -0.05) is 60.3 Å². The zero-order valence-electron chi connectivity index (χ0n) is 18.6. The molecule has 5 aromatic rings. The predicted molar refractivity (Wildman–Crippen MR) is 138 cm³/mol. The van der Waals surface area contributed by atoms with Gasteiger partial charge in [-0.05, 0) is 55.3 Å². The number of para-hydroxylation sites is 1. The minimum absolute atomic E-state index is 0.0997. The molecule has 170 valence electrons. The fourth-order valence-corrected chi connectivity index (χ4v) is 6.05. The molecule has 0 aliphatic heterocycles. The van der Waals surface area contributed by atoms with Gasteiger partial charge < -0.3 is 5.11 Å². The van der Waals surface area contributed by atoms with Gasteiger partial charge in [0.2, 0.25) is 0 Å². The van der Waals surface area contributed by atoms with Gasteiger partial charge >= 0.3 is 0 Å². The topological polar surface area (TPSA) is 79.3 Å². The molecule has 2 N–H and O–H groups in total. The van der Waals surface area contributed by atoms with Crippen LogP contribution in [-0.4, -0.2) is 18.5 Å². The Morgan fingerprint density at radius 2 is 1.59 bits per heavy atom. The number of hydrogen-bond acceptors (Lipinski definition) is 5. The Kier molecular flexibility index (Phi) is 5.67. The summed E-state index contributed by atoms with van der Waals surface area (Å²) in [5, 5.41) is 13.2. The third kappa shape index (κ3) is 4.08. The zero-order chi connectivity index (χ0) is 23.9. The quantitative estimate of drug-likeness (QED) is 0.272. The maximum Gasteiger partial charge on any atom is 0.261 e. The van der Waals surface area contributed by atoms with Crippen molar-refractivity contribution in [2.45, 2.75) is 28.5 Å². The van der Waals surface area contributed by atoms with Crippen LogP contribution in [0.4, 0.5) is 5.69 Å². The Bertz CT molecular complexity index is 1660. The molecule has 4 aromatic carbocycles. The normalized spacial score (nSPS) is 11.7. The summed E-state index contributed by atoms with van der Waals surface area (Å²) in [6.07, 6.45) is 1.73. The number of aromatic nitrogens is 1. The maximum atomic E-state index is 13.2. The standard InChI is InChI=1S/C27H22N2O3S2/c1-17-12-13-20(15-18(17)2)34(31,32)29-23-16-25(27(30)22-10-4-3-9-21(22)23)33-24-11-5-7-19-8-6-14-28-26(19)24/h3-16,29-30H,1-2H3. The molecule has 1 heterocycles. The first-order chi connectivity index (χ1) is 16.3. The second-order valence-corrected chi connectivity index (χ2v) is 10.9. The van der Waals surface area contributed by atoms with E-state index in [1.807, 2.05) is 56.3 Å². The molecule has 5 nitrogen and oxygen atoms in total. The van der Waals surface area contributed by atoms with E-state index in [1.54, 1.807) is 42.6 Å². The van der Waals surface area contributed by atoms with E-state index in [0.29, 0.717) is 21.4 Å². The summed E-state index contributed by atoms with van der Waals surface area (Å²) in [5.74, 6) is 0.0997. The van der Waals surface area contributed by atoms with Crippen molar-refractivity contribution in [1.29, 1.82) is 0 Å². The van der Waals surface area contributed by atoms with E-state index in [0.717, 1.165) is 26.9 Å². The number of anilines is 1. The molecule has 0 spiro atoms. The van der Waals surface area contributed by atoms with E-state index in [9.17, 15) is 13.5 Å². The van der Waals surface area contributed by atoms with Crippen molar-refractivity contribution in [2.75, 3.05) is 4.72 Å². The van der Waals surface area contributed by atoms with E-state index in [2.05, 4.69) is 9.71 Å². The van der Waals surface area contributed by atoms with Crippen LogP contribution in [0.2, 0.25) is 0 Å². The number of phenolic OH excluding ortho intramolecular Hbond substituents is 1. The Morgan fingerprint density at radius 3 is 2.38 bits per heavy atom. The molecular weight excluding hydrogens is 464 g/mol. The number of pyridine rings is 1. The molecule has 0 aliphatic carbocycles. The van der Waals surface area contributed by atoms with Gasteiger partial charge in [-0.2, -0.15) is 0 Å². The number of nitrogens with one attached hydrogen (secondary N) is 1. The van der Waals surface area contributed by atoms with Gasteiger partial charge in [0.25, 0.3) is 10.0 Å². The molecule has 0 bridgehead atoms. The second-order valence-electron chi connectivity index (χ2n) is 8.10. The fraction of sp³-hybridized carbons (Fsp3) is 0.0741. The van der Waals surface area contributed by atoms with Gasteiger partial charge in [-0.15, -0.1) is 0 Å². The smallest absolute Gasteiger partial charge is 0.261 e. The van der Waals surface area contributed by atoms with Crippen LogP contribution in [0, 0.1) is 13.8 Å². The average Bonchev–Trinajstić information content (AvgIpc) is 2.84. The third-order valence-electron chi connectivity index (χ3n) is 5.83. The summed E-state index contributed by atoms with van der Waals surface area (Å²) in [7, 11) is -3.83. The first-order valence-electron chi connectivity index (χ1n) is 10.7. The van der Waals surface area contributed by atoms with Crippen molar-refractivity contribution in [3.63, 3.8) is 0 Å². The number of sulfonamides is 1. The van der Waals surface area contributed by atoms with Gasteiger partial charge in [-0.25, -0.2) is 8.42 Å². The minimum atomic E-state index is -3.83. The first-order valence-corrected chi connectivity index (χ1v) is 13.0. The van der Waals surface area contributed by atoms with Crippen LogP contribution in [-0.2, 0) is 10.0 Å². The number of phenols is 1. The van der Waals surface area contributed by atoms with Crippen LogP contribution in [0.3, 0.4) is 0 Å². The number of aromatic hydroxyl groups is 1. The van der Waals surface area contributed by atoms with Crippen molar-refractivity contribution in [3.05, 3.63) is 96.2 Å². The molecule has 7 heteroatoms. The van der Waals surface area contributed by atoms with Crippen LogP contribution in [0.1, 0.15) is 11.1 Å². The Morgan fingerprint density at radius 1 is 0.824 bits per heavy atom. The largest absolute Gasteiger partial charge is 0.506 e. The van der Waals surface area contributed by atoms with Gasteiger partial charge in [0.1, 0.15) is 5.75 Å². The van der Waals surface area contributed by atoms with Gasteiger partial charge in [-0.3, -0.25) is 9.71 Å². The molecule has 0 radical (unpaired) electrons. The molecule has 0 atom stereocenters. The number of fused-ring (bicyclic) bond motifs is 2. The van der Waals surface area contributed by atoms with Gasteiger partial charge in [0.15, 0.2) is 0 Å². The van der Waals surface area contributed by atoms with Crippen molar-refractivity contribution in [3.8, 4) is 5.75 Å². The summed E-state index contributed by atoms with van der Waals surface area (Å²) in [4.78, 5) is 6.09. The molecule has 0 saturated carbocycles. The molecule has 0 amide bonds. The first kappa shape index (κ1) is 22.3. The van der Waals surface area contributed by atoms with Crippen molar-refractivity contribution < 1.29 is 13.5 Å². The SMILES string of the molecule is Cc1ccc(S(=O)(=O)Nc2cc(Sc3cccc4cccnc34)c(O)c3ccccc23)cc1C. The lowest BCUT2D eigenvalue weighted by atomic mass is 10.1. The molecule has 0 unspecified atom stereocenters. The average molecular weight is 487 g/mol. The van der Waals surface area contributed by atoms with Gasteiger partial charge in [0.05, 0.1) is 21.0 Å². The number of nitrogens with zero attached hydrogens (tertiary/aromatic N) is 1. The lowest BCUT2D eigenvalue weighted by molar-refractivity contribution is 0.469. The van der Waals surface area contributed by atoms with Crippen LogP contribution < -0.4 is 4.72 Å². The highest BCUT2D eigenvalue weighted by Gasteiger charge is 2.20. The number of rotatable bonds is 5. The lowest BCUT2D eigenvalue weighted by Gasteiger charge is -2.16. The maximum absolute atomic E-state index is 13.2. The monoisotopic (exact) mass is 486 g/mol. The fourth-order valence-electron chi connectivity index (χ4n) is 3.86. The third-order valence-corrected chi connectivity index (χ3v) is 8.27.